The standard InChI is InChI=1S/C68H54N4O/c1-67(2,3)47-33-36-59-61(39-47)70(43-71(59)65-52(44-19-9-7-10-20-44)29-18-30-53(65)45-21-11-8-12-22-45)49-25-17-26-50(41-49)73-51-34-35-57-60(42-51)72(62-40-48(37-38-69-62)68(4,5)6)66-56-28-14-13-27-54(56)55-31-15-23-46-24-16-32-58(63(46)55)64(57)66/h7-42H,1-6H3. The molecule has 3 heterocycles. The maximum atomic E-state index is 7.03. The Morgan fingerprint density at radius 3 is 1.79 bits per heavy atom. The van der Waals surface area contributed by atoms with E-state index in [-0.39, 0.29) is 10.8 Å². The second-order valence-electron chi connectivity index (χ2n) is 21.4. The molecule has 0 saturated heterocycles. The molecule has 5 nitrogen and oxygen atoms in total. The summed E-state index contributed by atoms with van der Waals surface area (Å²) >= 11 is 0. The van der Waals surface area contributed by atoms with E-state index in [9.17, 15) is 0 Å². The fourth-order valence-corrected chi connectivity index (χ4v) is 11.0. The summed E-state index contributed by atoms with van der Waals surface area (Å²) in [5.41, 5.74) is 19.1. The van der Waals surface area contributed by atoms with E-state index >= 15 is 0 Å². The van der Waals surface area contributed by atoms with Crippen molar-refractivity contribution in [3.8, 4) is 84.5 Å². The lowest BCUT2D eigenvalue weighted by atomic mass is 9.87. The van der Waals surface area contributed by atoms with Gasteiger partial charge in [-0.1, -0.05) is 199 Å². The summed E-state index contributed by atoms with van der Waals surface area (Å²) in [5.74, 6) is 2.32. The first-order valence-corrected chi connectivity index (χ1v) is 25.3. The SMILES string of the molecule is CC(C)(C)c1ccnc(-n2c3c(c4ccc(Oc5cccc(-n6[c-][n+](-c7c(-c8ccccc8)cccc7-c7ccccc7)c7ccc(C(C)(C)C)cc76)c5)cc42)-c2cccc4cccc(c24)-c2ccccc2-3)c1. The van der Waals surface area contributed by atoms with Crippen molar-refractivity contribution in [2.45, 2.75) is 52.4 Å². The number of ether oxygens (including phenoxy) is 1. The van der Waals surface area contributed by atoms with Gasteiger partial charge >= 0.3 is 0 Å². The summed E-state index contributed by atoms with van der Waals surface area (Å²) in [6.07, 6.45) is 5.86. The number of rotatable bonds is 7. The Balaban J connectivity index is 0.995. The number of benzene rings is 9. The van der Waals surface area contributed by atoms with Gasteiger partial charge in [0.15, 0.2) is 0 Å². The van der Waals surface area contributed by atoms with Crippen molar-refractivity contribution in [3.63, 3.8) is 0 Å². The molecule has 0 saturated carbocycles. The van der Waals surface area contributed by atoms with Crippen molar-refractivity contribution < 1.29 is 9.30 Å². The van der Waals surface area contributed by atoms with Gasteiger partial charge < -0.3 is 4.74 Å². The van der Waals surface area contributed by atoms with Gasteiger partial charge in [-0.25, -0.2) is 4.98 Å². The van der Waals surface area contributed by atoms with E-state index in [1.807, 2.05) is 12.3 Å². The van der Waals surface area contributed by atoms with Crippen LogP contribution in [-0.2, 0) is 10.8 Å². The Morgan fingerprint density at radius 2 is 1.08 bits per heavy atom. The molecule has 0 spiro atoms. The second kappa shape index (κ2) is 16.9. The van der Waals surface area contributed by atoms with Gasteiger partial charge in [0.25, 0.3) is 6.33 Å². The monoisotopic (exact) mass is 942 g/mol. The average Bonchev–Trinajstić information content (AvgIpc) is 3.93. The van der Waals surface area contributed by atoms with Crippen LogP contribution in [0.3, 0.4) is 0 Å². The predicted octanol–water partition coefficient (Wildman–Crippen LogP) is 17.2. The van der Waals surface area contributed by atoms with Gasteiger partial charge in [-0.15, -0.1) is 0 Å². The summed E-state index contributed by atoms with van der Waals surface area (Å²) < 4.78 is 13.8. The van der Waals surface area contributed by atoms with Gasteiger partial charge in [0.1, 0.15) is 17.3 Å². The minimum atomic E-state index is -0.0812. The first kappa shape index (κ1) is 44.2. The van der Waals surface area contributed by atoms with Gasteiger partial charge in [-0.3, -0.25) is 13.7 Å². The molecule has 13 rings (SSSR count). The van der Waals surface area contributed by atoms with Crippen LogP contribution in [0, 0.1) is 6.33 Å². The summed E-state index contributed by atoms with van der Waals surface area (Å²) in [4.78, 5) is 5.14. The number of para-hydroxylation sites is 1. The van der Waals surface area contributed by atoms with E-state index in [1.165, 1.54) is 49.7 Å². The highest BCUT2D eigenvalue weighted by molar-refractivity contribution is 6.19. The van der Waals surface area contributed by atoms with E-state index in [1.54, 1.807) is 0 Å². The second-order valence-corrected chi connectivity index (χ2v) is 21.4. The van der Waals surface area contributed by atoms with Crippen molar-refractivity contribution in [1.82, 2.24) is 14.1 Å². The number of aromatic nitrogens is 4. The van der Waals surface area contributed by atoms with E-state index in [0.717, 1.165) is 78.6 Å². The van der Waals surface area contributed by atoms with Crippen LogP contribution in [-0.4, -0.2) is 14.1 Å². The van der Waals surface area contributed by atoms with Crippen LogP contribution in [0.5, 0.6) is 11.5 Å². The topological polar surface area (TPSA) is 35.9 Å². The summed E-state index contributed by atoms with van der Waals surface area (Å²) in [7, 11) is 0. The molecular weight excluding hydrogens is 889 g/mol. The third-order valence-corrected chi connectivity index (χ3v) is 14.7. The van der Waals surface area contributed by atoms with Crippen LogP contribution < -0.4 is 9.30 Å². The molecule has 3 aromatic heterocycles. The third-order valence-electron chi connectivity index (χ3n) is 14.7. The van der Waals surface area contributed by atoms with Gasteiger partial charge in [0.2, 0.25) is 0 Å². The zero-order chi connectivity index (χ0) is 49.6. The minimum absolute atomic E-state index is 0.0769. The molecule has 0 N–H and O–H groups in total. The first-order valence-electron chi connectivity index (χ1n) is 25.3. The predicted molar refractivity (Wildman–Crippen MR) is 300 cm³/mol. The van der Waals surface area contributed by atoms with Crippen molar-refractivity contribution in [3.05, 3.63) is 236 Å². The third kappa shape index (κ3) is 7.45. The number of pyridine rings is 1. The molecule has 5 heteroatoms. The molecule has 12 aromatic rings. The molecule has 9 aromatic carbocycles. The number of hydrogen-bond acceptors (Lipinski definition) is 2. The molecular formula is C68H54N4O. The van der Waals surface area contributed by atoms with Crippen molar-refractivity contribution in [2.75, 3.05) is 0 Å². The number of nitrogens with zero attached hydrogens (tertiary/aromatic N) is 4. The van der Waals surface area contributed by atoms with Gasteiger partial charge in [-0.05, 0) is 120 Å². The molecule has 0 aliphatic heterocycles. The van der Waals surface area contributed by atoms with Crippen LogP contribution in [0.15, 0.2) is 219 Å². The van der Waals surface area contributed by atoms with E-state index in [4.69, 9.17) is 9.72 Å². The number of hydrogen-bond donors (Lipinski definition) is 0. The van der Waals surface area contributed by atoms with Crippen molar-refractivity contribution in [2.24, 2.45) is 0 Å². The molecule has 1 aliphatic carbocycles. The largest absolute Gasteiger partial charge is 0.458 e. The number of fused-ring (bicyclic) bond motifs is 8. The Morgan fingerprint density at radius 1 is 0.479 bits per heavy atom. The Bertz CT molecular complexity index is 4060. The van der Waals surface area contributed by atoms with Crippen LogP contribution in [0.25, 0.3) is 106 Å². The first-order chi connectivity index (χ1) is 35.5. The minimum Gasteiger partial charge on any atom is -0.458 e. The van der Waals surface area contributed by atoms with Crippen LogP contribution in [0.1, 0.15) is 52.7 Å². The zero-order valence-electron chi connectivity index (χ0n) is 42.0. The lowest BCUT2D eigenvalue weighted by molar-refractivity contribution is -0.571. The highest BCUT2D eigenvalue weighted by atomic mass is 16.5. The van der Waals surface area contributed by atoms with E-state index in [0.29, 0.717) is 0 Å². The Kier molecular flexibility index (Phi) is 10.2. The molecule has 73 heavy (non-hydrogen) atoms. The molecule has 0 atom stereocenters. The summed E-state index contributed by atoms with van der Waals surface area (Å²) in [6, 6.07) is 76.4. The van der Waals surface area contributed by atoms with Crippen molar-refractivity contribution in [1.29, 1.82) is 0 Å². The lowest BCUT2D eigenvalue weighted by Crippen LogP contribution is -2.31. The Hall–Kier alpha value is -8.80. The molecule has 0 radical (unpaired) electrons. The van der Waals surface area contributed by atoms with Gasteiger partial charge in [0.05, 0.1) is 33.6 Å². The molecule has 0 bridgehead atoms. The Labute approximate surface area is 426 Å². The normalized spacial score (nSPS) is 12.2. The fraction of sp³-hybridized carbons (Fsp3) is 0.118. The number of imidazole rings is 1. The van der Waals surface area contributed by atoms with Crippen molar-refractivity contribution >= 4 is 32.7 Å². The highest BCUT2D eigenvalue weighted by Crippen LogP contribution is 2.52. The highest BCUT2D eigenvalue weighted by Gasteiger charge is 2.30. The molecule has 0 amide bonds. The maximum absolute atomic E-state index is 7.03. The van der Waals surface area contributed by atoms with Crippen LogP contribution in [0.2, 0.25) is 0 Å². The molecule has 352 valence electrons. The van der Waals surface area contributed by atoms with Crippen LogP contribution >= 0.6 is 0 Å². The maximum Gasteiger partial charge on any atom is 0.269 e. The van der Waals surface area contributed by atoms with Gasteiger partial charge in [0, 0.05) is 28.8 Å². The smallest absolute Gasteiger partial charge is 0.269 e. The molecule has 1 aliphatic rings. The summed E-state index contributed by atoms with van der Waals surface area (Å²) in [5, 5.41) is 3.61. The van der Waals surface area contributed by atoms with Crippen LogP contribution in [0.4, 0.5) is 0 Å². The van der Waals surface area contributed by atoms with E-state index in [2.05, 4.69) is 268 Å². The summed E-state index contributed by atoms with van der Waals surface area (Å²) in [6.45, 7) is 13.6. The quantitative estimate of drug-likeness (QED) is 0.118. The molecule has 0 fully saturated rings. The molecule has 0 unspecified atom stereocenters. The average molecular weight is 943 g/mol. The van der Waals surface area contributed by atoms with Gasteiger partial charge in [-0.2, -0.15) is 0 Å². The fourth-order valence-electron chi connectivity index (χ4n) is 11.0. The van der Waals surface area contributed by atoms with E-state index < -0.39 is 0 Å². The zero-order valence-corrected chi connectivity index (χ0v) is 42.0. The lowest BCUT2D eigenvalue weighted by Gasteiger charge is -2.21.